The second-order valence-corrected chi connectivity index (χ2v) is 9.67. The molecule has 1 fully saturated rings. The molecule has 35 heavy (non-hydrogen) atoms. The molecule has 6 rings (SSSR count). The van der Waals surface area contributed by atoms with E-state index in [9.17, 15) is 4.79 Å². The zero-order valence-electron chi connectivity index (χ0n) is 20.0. The number of nitrogens with one attached hydrogen (secondary N) is 1. The Kier molecular flexibility index (Phi) is 6.17. The van der Waals surface area contributed by atoms with Gasteiger partial charge in [-0.1, -0.05) is 30.3 Å². The first-order valence-corrected chi connectivity index (χ1v) is 12.8. The summed E-state index contributed by atoms with van der Waals surface area (Å²) in [5, 5.41) is 8.64. The molecule has 1 aliphatic carbocycles. The topological polar surface area (TPSA) is 68.6 Å². The van der Waals surface area contributed by atoms with Gasteiger partial charge in [0, 0.05) is 30.4 Å². The number of amides is 1. The quantitative estimate of drug-likeness (QED) is 0.589. The zero-order valence-corrected chi connectivity index (χ0v) is 20.0. The lowest BCUT2D eigenvalue weighted by Crippen LogP contribution is -2.38. The highest BCUT2D eigenvalue weighted by Crippen LogP contribution is 2.35. The summed E-state index contributed by atoms with van der Waals surface area (Å²) in [6, 6.07) is 16.6. The molecule has 1 aromatic heterocycles. The van der Waals surface area contributed by atoms with Crippen molar-refractivity contribution in [1.29, 1.82) is 0 Å². The Balaban J connectivity index is 1.21. The maximum absolute atomic E-state index is 13.5. The van der Waals surface area contributed by atoms with Crippen LogP contribution in [0, 0.1) is 0 Å². The van der Waals surface area contributed by atoms with Crippen molar-refractivity contribution in [3.05, 3.63) is 71.0 Å². The number of likely N-dealkylation sites (tertiary alicyclic amines) is 1. The molecule has 2 aliphatic heterocycles. The number of ether oxygens (including phenoxy) is 2. The molecule has 182 valence electrons. The van der Waals surface area contributed by atoms with Gasteiger partial charge in [0.25, 0.3) is 5.91 Å². The predicted octanol–water partition coefficient (Wildman–Crippen LogP) is 3.92. The smallest absolute Gasteiger partial charge is 0.274 e. The largest absolute Gasteiger partial charge is 0.454 e. The summed E-state index contributed by atoms with van der Waals surface area (Å²) in [7, 11) is 0. The van der Waals surface area contributed by atoms with Gasteiger partial charge in [-0.2, -0.15) is 5.10 Å². The highest BCUT2D eigenvalue weighted by Gasteiger charge is 2.32. The van der Waals surface area contributed by atoms with Gasteiger partial charge in [0.05, 0.1) is 5.69 Å². The monoisotopic (exact) mass is 472 g/mol. The summed E-state index contributed by atoms with van der Waals surface area (Å²) in [4.78, 5) is 15.5. The van der Waals surface area contributed by atoms with E-state index in [1.54, 1.807) is 0 Å². The predicted molar refractivity (Wildman–Crippen MR) is 133 cm³/mol. The maximum atomic E-state index is 13.5. The number of hydrogen-bond donors (Lipinski definition) is 1. The number of rotatable bonds is 6. The van der Waals surface area contributed by atoms with E-state index in [1.807, 2.05) is 39.9 Å². The van der Waals surface area contributed by atoms with E-state index in [0.717, 1.165) is 80.9 Å². The van der Waals surface area contributed by atoms with Gasteiger partial charge in [-0.05, 0) is 75.3 Å². The van der Waals surface area contributed by atoms with Crippen LogP contribution >= 0.6 is 0 Å². The third-order valence-corrected chi connectivity index (χ3v) is 7.42. The van der Waals surface area contributed by atoms with Crippen molar-refractivity contribution in [2.75, 3.05) is 26.4 Å². The molecule has 1 N–H and O–H groups in total. The third-order valence-electron chi connectivity index (χ3n) is 7.42. The van der Waals surface area contributed by atoms with Gasteiger partial charge >= 0.3 is 0 Å². The normalized spacial score (nSPS) is 19.0. The fourth-order valence-electron chi connectivity index (χ4n) is 5.59. The average molecular weight is 473 g/mol. The number of piperidine rings is 1. The molecular formula is C28H32N4O3. The van der Waals surface area contributed by atoms with E-state index in [4.69, 9.17) is 14.6 Å². The minimum absolute atomic E-state index is 0.0910. The first-order chi connectivity index (χ1) is 17.3. The number of hydrogen-bond acceptors (Lipinski definition) is 5. The molecule has 3 aromatic rings. The molecule has 3 aliphatic rings. The van der Waals surface area contributed by atoms with Crippen LogP contribution in [0.1, 0.15) is 53.0 Å². The standard InChI is InChI=1S/C28H32N4O3/c33-28(31-16-5-2-6-17-31)26-23-18-21(12-13-24(23)32(30-26)22-9-3-1-4-10-22)29-15-14-20-8-7-11-25-27(20)35-19-34-25/h1,3-4,7-11,21,29H,2,5-6,12-19H2. The highest BCUT2D eigenvalue weighted by atomic mass is 16.7. The lowest BCUT2D eigenvalue weighted by Gasteiger charge is -2.28. The number of carbonyl (C=O) groups excluding carboxylic acids is 1. The number of para-hydroxylation sites is 2. The molecule has 3 heterocycles. The second kappa shape index (κ2) is 9.74. The molecule has 7 nitrogen and oxygen atoms in total. The number of aromatic nitrogens is 2. The fraction of sp³-hybridized carbons (Fsp3) is 0.429. The molecular weight excluding hydrogens is 440 g/mol. The Labute approximate surface area is 206 Å². The van der Waals surface area contributed by atoms with E-state index >= 15 is 0 Å². The minimum Gasteiger partial charge on any atom is -0.454 e. The molecule has 0 radical (unpaired) electrons. The van der Waals surface area contributed by atoms with Crippen LogP contribution in [0.5, 0.6) is 11.5 Å². The lowest BCUT2D eigenvalue weighted by molar-refractivity contribution is 0.0716. The number of nitrogens with zero attached hydrogens (tertiary/aromatic N) is 3. The third kappa shape index (κ3) is 4.41. The first kappa shape index (κ1) is 22.2. The van der Waals surface area contributed by atoms with Crippen LogP contribution < -0.4 is 14.8 Å². The number of fused-ring (bicyclic) bond motifs is 2. The molecule has 1 atom stereocenters. The van der Waals surface area contributed by atoms with Crippen LogP contribution in [0.3, 0.4) is 0 Å². The molecule has 0 bridgehead atoms. The zero-order chi connectivity index (χ0) is 23.6. The van der Waals surface area contributed by atoms with Crippen LogP contribution in [-0.2, 0) is 19.3 Å². The highest BCUT2D eigenvalue weighted by molar-refractivity contribution is 5.94. The summed E-state index contributed by atoms with van der Waals surface area (Å²) in [6.07, 6.45) is 6.98. The van der Waals surface area contributed by atoms with E-state index in [2.05, 4.69) is 23.5 Å². The van der Waals surface area contributed by atoms with Crippen LogP contribution in [0.15, 0.2) is 48.5 Å². The van der Waals surface area contributed by atoms with Gasteiger partial charge < -0.3 is 19.7 Å². The minimum atomic E-state index is 0.0910. The summed E-state index contributed by atoms with van der Waals surface area (Å²) < 4.78 is 13.2. The molecule has 7 heteroatoms. The van der Waals surface area contributed by atoms with Crippen molar-refractivity contribution in [2.45, 2.75) is 51.0 Å². The molecule has 2 aromatic carbocycles. The van der Waals surface area contributed by atoms with Gasteiger partial charge in [-0.15, -0.1) is 0 Å². The van der Waals surface area contributed by atoms with Crippen LogP contribution in [0.4, 0.5) is 0 Å². The van der Waals surface area contributed by atoms with Gasteiger partial charge in [-0.25, -0.2) is 4.68 Å². The Morgan fingerprint density at radius 2 is 1.89 bits per heavy atom. The Morgan fingerprint density at radius 3 is 2.74 bits per heavy atom. The molecule has 1 amide bonds. The molecule has 1 saturated heterocycles. The lowest BCUT2D eigenvalue weighted by atomic mass is 9.90. The van der Waals surface area contributed by atoms with Gasteiger partial charge in [0.15, 0.2) is 17.2 Å². The maximum Gasteiger partial charge on any atom is 0.274 e. The Morgan fingerprint density at radius 1 is 1.03 bits per heavy atom. The first-order valence-electron chi connectivity index (χ1n) is 12.8. The fourth-order valence-corrected chi connectivity index (χ4v) is 5.59. The van der Waals surface area contributed by atoms with E-state index in [1.165, 1.54) is 17.7 Å². The number of carbonyl (C=O) groups is 1. The van der Waals surface area contributed by atoms with Crippen LogP contribution in [-0.4, -0.2) is 53.1 Å². The molecule has 0 spiro atoms. The summed E-state index contributed by atoms with van der Waals surface area (Å²) >= 11 is 0. The van der Waals surface area contributed by atoms with Crippen molar-refractivity contribution in [2.24, 2.45) is 0 Å². The Hall–Kier alpha value is -3.32. The van der Waals surface area contributed by atoms with Crippen molar-refractivity contribution in [3.63, 3.8) is 0 Å². The van der Waals surface area contributed by atoms with Crippen molar-refractivity contribution >= 4 is 5.91 Å². The van der Waals surface area contributed by atoms with Gasteiger partial charge in [0.2, 0.25) is 6.79 Å². The summed E-state index contributed by atoms with van der Waals surface area (Å²) in [5.41, 5.74) is 5.13. The summed E-state index contributed by atoms with van der Waals surface area (Å²) in [5.74, 6) is 1.80. The van der Waals surface area contributed by atoms with Gasteiger partial charge in [-0.3, -0.25) is 4.79 Å². The van der Waals surface area contributed by atoms with Crippen LogP contribution in [0.25, 0.3) is 5.69 Å². The SMILES string of the molecule is O=C(c1nn(-c2ccccc2)c2c1CC(NCCc1cccc3c1OCO3)CC2)N1CCCCC1. The van der Waals surface area contributed by atoms with E-state index < -0.39 is 0 Å². The van der Waals surface area contributed by atoms with E-state index in [0.29, 0.717) is 18.5 Å². The van der Waals surface area contributed by atoms with Crippen LogP contribution in [0.2, 0.25) is 0 Å². The van der Waals surface area contributed by atoms with Crippen molar-refractivity contribution in [1.82, 2.24) is 20.0 Å². The summed E-state index contributed by atoms with van der Waals surface area (Å²) in [6.45, 7) is 2.81. The molecule has 1 unspecified atom stereocenters. The van der Waals surface area contributed by atoms with Crippen molar-refractivity contribution < 1.29 is 14.3 Å². The second-order valence-electron chi connectivity index (χ2n) is 9.67. The average Bonchev–Trinajstić information content (AvgIpc) is 3.55. The Bertz CT molecular complexity index is 1200. The molecule has 0 saturated carbocycles. The number of benzene rings is 2. The van der Waals surface area contributed by atoms with Crippen molar-refractivity contribution in [3.8, 4) is 17.2 Å². The van der Waals surface area contributed by atoms with Gasteiger partial charge in [0.1, 0.15) is 0 Å². The van der Waals surface area contributed by atoms with E-state index in [-0.39, 0.29) is 5.91 Å².